The molecule has 4 nitrogen and oxygen atoms in total. The van der Waals surface area contributed by atoms with Crippen LogP contribution in [0.2, 0.25) is 5.02 Å². The van der Waals surface area contributed by atoms with Gasteiger partial charge in [-0.15, -0.1) is 0 Å². The number of hydrogen-bond acceptors (Lipinski definition) is 2. The molecule has 0 saturated carbocycles. The molecule has 2 aromatic rings. The quantitative estimate of drug-likeness (QED) is 0.427. The molecule has 0 aliphatic rings. The highest BCUT2D eigenvalue weighted by Crippen LogP contribution is 2.28. The van der Waals surface area contributed by atoms with Crippen molar-refractivity contribution in [1.29, 1.82) is 0 Å². The molecule has 2 rings (SSSR count). The Morgan fingerprint density at radius 2 is 1.78 bits per heavy atom. The zero-order chi connectivity index (χ0) is 20.1. The lowest BCUT2D eigenvalue weighted by atomic mass is 10.0. The third kappa shape index (κ3) is 4.16. The van der Waals surface area contributed by atoms with E-state index < -0.39 is 0 Å². The van der Waals surface area contributed by atoms with Crippen molar-refractivity contribution in [2.24, 2.45) is 0 Å². The van der Waals surface area contributed by atoms with Gasteiger partial charge in [-0.3, -0.25) is 4.79 Å². The van der Waals surface area contributed by atoms with Gasteiger partial charge in [0, 0.05) is 25.1 Å². The molecule has 1 aromatic carbocycles. The van der Waals surface area contributed by atoms with E-state index >= 15 is 0 Å². The zero-order valence-electron chi connectivity index (χ0n) is 16.6. The number of halogens is 1. The van der Waals surface area contributed by atoms with Crippen LogP contribution in [0.4, 0.5) is 5.69 Å². The number of benzene rings is 1. The highest BCUT2D eigenvalue weighted by atomic mass is 35.5. The summed E-state index contributed by atoms with van der Waals surface area (Å²) in [5.41, 5.74) is 4.70. The van der Waals surface area contributed by atoms with Crippen LogP contribution in [0.3, 0.4) is 0 Å². The number of aryl methyl sites for hydroxylation is 2. The van der Waals surface area contributed by atoms with Crippen molar-refractivity contribution in [3.63, 3.8) is 0 Å². The smallest absolute Gasteiger partial charge is 0.263 e. The SMILES string of the molecule is CC=CCc1c(Cl)c(C(=O)Nc2c(CC)cccc2CC)c(C)[n+]([O-])c1C. The van der Waals surface area contributed by atoms with Gasteiger partial charge in [0.15, 0.2) is 5.69 Å². The average Bonchev–Trinajstić information content (AvgIpc) is 2.66. The lowest BCUT2D eigenvalue weighted by molar-refractivity contribution is -0.619. The van der Waals surface area contributed by atoms with Crippen LogP contribution in [-0.2, 0) is 19.3 Å². The molecule has 5 heteroatoms. The first-order chi connectivity index (χ1) is 12.9. The van der Waals surface area contributed by atoms with E-state index in [0.29, 0.717) is 28.4 Å². The number of carbonyl (C=O) groups excluding carboxylic acids is 1. The van der Waals surface area contributed by atoms with Crippen molar-refractivity contribution in [2.45, 2.75) is 53.9 Å². The number of rotatable bonds is 6. The summed E-state index contributed by atoms with van der Waals surface area (Å²) in [6.07, 6.45) is 5.94. The lowest BCUT2D eigenvalue weighted by Crippen LogP contribution is -2.38. The van der Waals surface area contributed by atoms with E-state index in [1.165, 1.54) is 0 Å². The molecule has 0 saturated heterocycles. The van der Waals surface area contributed by atoms with E-state index in [4.69, 9.17) is 11.6 Å². The summed E-state index contributed by atoms with van der Waals surface area (Å²) in [5, 5.41) is 15.9. The van der Waals surface area contributed by atoms with Crippen LogP contribution in [0.5, 0.6) is 0 Å². The number of allylic oxidation sites excluding steroid dienone is 2. The molecule has 1 heterocycles. The minimum absolute atomic E-state index is 0.240. The Hall–Kier alpha value is -2.33. The minimum atomic E-state index is -0.348. The lowest BCUT2D eigenvalue weighted by Gasteiger charge is -2.18. The summed E-state index contributed by atoms with van der Waals surface area (Å²) >= 11 is 6.59. The van der Waals surface area contributed by atoms with Crippen LogP contribution in [0.25, 0.3) is 0 Å². The topological polar surface area (TPSA) is 56.0 Å². The largest absolute Gasteiger partial charge is 0.618 e. The Bertz CT molecular complexity index is 866. The Labute approximate surface area is 166 Å². The number of para-hydroxylation sites is 1. The van der Waals surface area contributed by atoms with E-state index in [1.54, 1.807) is 13.8 Å². The van der Waals surface area contributed by atoms with E-state index in [2.05, 4.69) is 19.2 Å². The minimum Gasteiger partial charge on any atom is -0.618 e. The molecule has 0 radical (unpaired) electrons. The fourth-order valence-electron chi connectivity index (χ4n) is 3.26. The fourth-order valence-corrected chi connectivity index (χ4v) is 3.70. The van der Waals surface area contributed by atoms with Crippen LogP contribution in [0.1, 0.15) is 59.2 Å². The second-order valence-electron chi connectivity index (χ2n) is 6.52. The first kappa shape index (κ1) is 21.0. The van der Waals surface area contributed by atoms with Crippen molar-refractivity contribution in [3.05, 3.63) is 74.2 Å². The van der Waals surface area contributed by atoms with Gasteiger partial charge in [-0.1, -0.05) is 55.8 Å². The first-order valence-electron chi connectivity index (χ1n) is 9.31. The second kappa shape index (κ2) is 9.05. The summed E-state index contributed by atoms with van der Waals surface area (Å²) in [7, 11) is 0. The highest BCUT2D eigenvalue weighted by molar-refractivity contribution is 6.35. The van der Waals surface area contributed by atoms with Crippen molar-refractivity contribution in [3.8, 4) is 0 Å². The molecule has 0 aliphatic carbocycles. The van der Waals surface area contributed by atoms with Crippen LogP contribution < -0.4 is 10.0 Å². The molecule has 27 heavy (non-hydrogen) atoms. The van der Waals surface area contributed by atoms with E-state index in [-0.39, 0.29) is 11.5 Å². The van der Waals surface area contributed by atoms with Crippen LogP contribution in [-0.4, -0.2) is 5.91 Å². The first-order valence-corrected chi connectivity index (χ1v) is 9.69. The predicted molar refractivity (Wildman–Crippen MR) is 112 cm³/mol. The molecule has 0 spiro atoms. The molecule has 0 fully saturated rings. The number of amides is 1. The van der Waals surface area contributed by atoms with Crippen molar-refractivity contribution in [2.75, 3.05) is 5.32 Å². The summed E-state index contributed by atoms with van der Waals surface area (Å²) in [6.45, 7) is 9.37. The maximum atomic E-state index is 13.1. The van der Waals surface area contributed by atoms with Gasteiger partial charge in [0.05, 0.1) is 5.02 Å². The summed E-state index contributed by atoms with van der Waals surface area (Å²) in [4.78, 5) is 13.1. The van der Waals surface area contributed by atoms with Gasteiger partial charge in [0.2, 0.25) is 5.69 Å². The average molecular weight is 387 g/mol. The molecule has 1 amide bonds. The number of nitrogens with one attached hydrogen (secondary N) is 1. The van der Waals surface area contributed by atoms with Gasteiger partial charge in [-0.2, -0.15) is 4.73 Å². The van der Waals surface area contributed by atoms with Crippen molar-refractivity contribution < 1.29 is 9.52 Å². The third-order valence-electron chi connectivity index (χ3n) is 4.91. The molecular formula is C22H27ClN2O2. The van der Waals surface area contributed by atoms with Gasteiger partial charge < -0.3 is 10.5 Å². The highest BCUT2D eigenvalue weighted by Gasteiger charge is 2.27. The normalized spacial score (nSPS) is 11.2. The zero-order valence-corrected chi connectivity index (χ0v) is 17.4. The number of nitrogens with zero attached hydrogens (tertiary/aromatic N) is 1. The molecule has 1 aromatic heterocycles. The molecule has 0 atom stereocenters. The molecule has 0 aliphatic heterocycles. The van der Waals surface area contributed by atoms with Crippen molar-refractivity contribution >= 4 is 23.2 Å². The van der Waals surface area contributed by atoms with Crippen LogP contribution in [0.15, 0.2) is 30.4 Å². The summed E-state index contributed by atoms with van der Waals surface area (Å²) < 4.78 is 0.798. The van der Waals surface area contributed by atoms with Crippen LogP contribution in [0, 0.1) is 19.1 Å². The summed E-state index contributed by atoms with van der Waals surface area (Å²) in [6, 6.07) is 6.01. The monoisotopic (exact) mass is 386 g/mol. The Balaban J connectivity index is 2.56. The van der Waals surface area contributed by atoms with E-state index in [0.717, 1.165) is 34.4 Å². The summed E-state index contributed by atoms with van der Waals surface area (Å²) in [5.74, 6) is -0.348. The maximum absolute atomic E-state index is 13.1. The molecular weight excluding hydrogens is 360 g/mol. The van der Waals surface area contributed by atoms with E-state index in [1.807, 2.05) is 37.3 Å². The number of anilines is 1. The molecule has 0 bridgehead atoms. The molecule has 1 N–H and O–H groups in total. The molecule has 0 unspecified atom stereocenters. The molecule has 144 valence electrons. The second-order valence-corrected chi connectivity index (χ2v) is 6.90. The predicted octanol–water partition coefficient (Wildman–Crippen LogP) is 5.09. The van der Waals surface area contributed by atoms with Gasteiger partial charge in [-0.05, 0) is 37.3 Å². The van der Waals surface area contributed by atoms with E-state index in [9.17, 15) is 10.0 Å². The number of aromatic nitrogens is 1. The van der Waals surface area contributed by atoms with Gasteiger partial charge in [-0.25, -0.2) is 0 Å². The Kier molecular flexibility index (Phi) is 7.03. The van der Waals surface area contributed by atoms with Gasteiger partial charge >= 0.3 is 0 Å². The number of carbonyl (C=O) groups is 1. The van der Waals surface area contributed by atoms with Gasteiger partial charge in [0.1, 0.15) is 5.56 Å². The Morgan fingerprint density at radius 1 is 1.19 bits per heavy atom. The fraction of sp³-hybridized carbons (Fsp3) is 0.364. The van der Waals surface area contributed by atoms with Gasteiger partial charge in [0.25, 0.3) is 5.91 Å². The standard InChI is InChI=1S/C22H27ClN2O2/c1-6-9-13-18-14(4)25(27)15(5)19(20(18)23)22(26)24-21-16(7-2)11-10-12-17(21)8-3/h6,9-12H,7-8,13H2,1-5H3,(H,24,26). The Morgan fingerprint density at radius 3 is 2.30 bits per heavy atom. The third-order valence-corrected chi connectivity index (χ3v) is 5.33. The van der Waals surface area contributed by atoms with Crippen LogP contribution >= 0.6 is 11.6 Å². The number of hydrogen-bond donors (Lipinski definition) is 1. The number of pyridine rings is 1. The van der Waals surface area contributed by atoms with Crippen molar-refractivity contribution in [1.82, 2.24) is 0 Å². The maximum Gasteiger partial charge on any atom is 0.263 e.